The predicted octanol–water partition coefficient (Wildman–Crippen LogP) is 2.91. The summed E-state index contributed by atoms with van der Waals surface area (Å²) in [5.41, 5.74) is 1.18. The Labute approximate surface area is 218 Å². The third-order valence-corrected chi connectivity index (χ3v) is 7.38. The second-order valence-electron chi connectivity index (χ2n) is 7.90. The van der Waals surface area contributed by atoms with Crippen LogP contribution < -0.4 is 9.46 Å². The molecule has 37 heavy (non-hydrogen) atoms. The lowest BCUT2D eigenvalue weighted by molar-refractivity contribution is 0.0950. The van der Waals surface area contributed by atoms with Gasteiger partial charge in [0.2, 0.25) is 21.9 Å². The first kappa shape index (κ1) is 26.4. The Hall–Kier alpha value is -3.62. The molecule has 0 bridgehead atoms. The largest absolute Gasteiger partial charge is 0.481 e. The van der Waals surface area contributed by atoms with Gasteiger partial charge in [0, 0.05) is 31.6 Å². The second kappa shape index (κ2) is 11.2. The van der Waals surface area contributed by atoms with Crippen molar-refractivity contribution >= 4 is 27.6 Å². The van der Waals surface area contributed by atoms with E-state index in [0.717, 1.165) is 5.69 Å². The number of nitrogens with zero attached hydrogens (tertiary/aromatic N) is 7. The topological polar surface area (TPSA) is 160 Å². The van der Waals surface area contributed by atoms with Crippen LogP contribution in [0, 0.1) is 0 Å². The molecule has 196 valence electrons. The normalized spacial score (nSPS) is 13.3. The summed E-state index contributed by atoms with van der Waals surface area (Å²) in [7, 11) is -1.21. The van der Waals surface area contributed by atoms with Gasteiger partial charge in [-0.1, -0.05) is 29.7 Å². The summed E-state index contributed by atoms with van der Waals surface area (Å²) in [6.45, 7) is 3.52. The van der Waals surface area contributed by atoms with Crippen LogP contribution in [0.5, 0.6) is 5.88 Å². The van der Waals surface area contributed by atoms with Gasteiger partial charge in [0.15, 0.2) is 17.4 Å². The molecule has 4 aromatic rings. The van der Waals surface area contributed by atoms with Gasteiger partial charge in [0.05, 0.1) is 24.4 Å². The number of rotatable bonds is 11. The van der Waals surface area contributed by atoms with E-state index in [4.69, 9.17) is 25.6 Å². The molecule has 1 N–H and O–H groups in total. The molecule has 0 amide bonds. The number of aromatic nitrogens is 7. The Morgan fingerprint density at radius 1 is 1.19 bits per heavy atom. The molecule has 0 fully saturated rings. The molecular formula is C22H25ClN8O5S. The highest BCUT2D eigenvalue weighted by atomic mass is 35.5. The summed E-state index contributed by atoms with van der Waals surface area (Å²) in [6, 6.07) is 6.91. The molecule has 0 saturated carbocycles. The number of ether oxygens (including phenoxy) is 2. The molecule has 0 aliphatic carbocycles. The number of hydrogen-bond donors (Lipinski definition) is 1. The SMILES string of the molecule is CCc1cc(Cn2c(NS(=O)(=O)[C@@H](C)[C@H](OC)c3ncc(Cl)cn3)nnc2-c2cccc(OC)n2)on1. The molecule has 2 atom stereocenters. The van der Waals surface area contributed by atoms with Crippen molar-refractivity contribution in [3.63, 3.8) is 0 Å². The van der Waals surface area contributed by atoms with Gasteiger partial charge < -0.3 is 14.0 Å². The zero-order valence-electron chi connectivity index (χ0n) is 20.5. The molecule has 0 aromatic carbocycles. The molecule has 4 heterocycles. The van der Waals surface area contributed by atoms with Crippen LogP contribution in [-0.2, 0) is 27.7 Å². The van der Waals surface area contributed by atoms with E-state index in [-0.39, 0.29) is 18.3 Å². The third kappa shape index (κ3) is 5.87. The van der Waals surface area contributed by atoms with Crippen molar-refractivity contribution in [1.29, 1.82) is 0 Å². The maximum absolute atomic E-state index is 13.4. The fraction of sp³-hybridized carbons (Fsp3) is 0.364. The van der Waals surface area contributed by atoms with Crippen LogP contribution in [-0.4, -0.2) is 62.8 Å². The number of anilines is 1. The maximum Gasteiger partial charge on any atom is 0.240 e. The fourth-order valence-corrected chi connectivity index (χ4v) is 4.73. The van der Waals surface area contributed by atoms with Crippen molar-refractivity contribution in [2.75, 3.05) is 18.9 Å². The molecule has 0 aliphatic rings. The first-order valence-corrected chi connectivity index (χ1v) is 13.1. The molecule has 4 rings (SSSR count). The molecule has 0 radical (unpaired) electrons. The van der Waals surface area contributed by atoms with Crippen LogP contribution in [0.15, 0.2) is 41.2 Å². The van der Waals surface area contributed by atoms with E-state index in [1.807, 2.05) is 6.92 Å². The highest BCUT2D eigenvalue weighted by Gasteiger charge is 2.34. The fourth-order valence-electron chi connectivity index (χ4n) is 3.48. The molecule has 0 saturated heterocycles. The maximum atomic E-state index is 13.4. The molecule has 13 nitrogen and oxygen atoms in total. The van der Waals surface area contributed by atoms with E-state index in [1.54, 1.807) is 24.3 Å². The van der Waals surface area contributed by atoms with Gasteiger partial charge in [-0.3, -0.25) is 9.29 Å². The van der Waals surface area contributed by atoms with Crippen LogP contribution in [0.4, 0.5) is 5.95 Å². The van der Waals surface area contributed by atoms with E-state index in [1.165, 1.54) is 38.1 Å². The van der Waals surface area contributed by atoms with Crippen molar-refractivity contribution in [3.8, 4) is 17.4 Å². The van der Waals surface area contributed by atoms with E-state index in [2.05, 4.69) is 35.0 Å². The van der Waals surface area contributed by atoms with Gasteiger partial charge in [-0.2, -0.15) is 0 Å². The summed E-state index contributed by atoms with van der Waals surface area (Å²) >= 11 is 5.86. The van der Waals surface area contributed by atoms with Gasteiger partial charge in [0.1, 0.15) is 17.0 Å². The lowest BCUT2D eigenvalue weighted by Crippen LogP contribution is -2.33. The molecule has 0 aliphatic heterocycles. The number of hydrogen-bond acceptors (Lipinski definition) is 11. The van der Waals surface area contributed by atoms with Crippen LogP contribution in [0.25, 0.3) is 11.5 Å². The smallest absolute Gasteiger partial charge is 0.240 e. The molecule has 4 aromatic heterocycles. The number of halogens is 1. The second-order valence-corrected chi connectivity index (χ2v) is 10.4. The first-order valence-electron chi connectivity index (χ1n) is 11.2. The Bertz CT molecular complexity index is 1460. The number of methoxy groups -OCH3 is 2. The quantitative estimate of drug-likeness (QED) is 0.293. The number of nitrogens with one attached hydrogen (secondary N) is 1. The summed E-state index contributed by atoms with van der Waals surface area (Å²) in [5, 5.41) is 11.5. The average molecular weight is 549 g/mol. The Morgan fingerprint density at radius 3 is 2.59 bits per heavy atom. The van der Waals surface area contributed by atoms with Gasteiger partial charge in [-0.25, -0.2) is 23.4 Å². The lowest BCUT2D eigenvalue weighted by Gasteiger charge is -2.22. The zero-order chi connectivity index (χ0) is 26.6. The summed E-state index contributed by atoms with van der Waals surface area (Å²) in [4.78, 5) is 12.6. The monoisotopic (exact) mass is 548 g/mol. The van der Waals surface area contributed by atoms with Crippen LogP contribution in [0.1, 0.15) is 37.2 Å². The Balaban J connectivity index is 1.70. The third-order valence-electron chi connectivity index (χ3n) is 5.49. The van der Waals surface area contributed by atoms with Crippen molar-refractivity contribution in [2.24, 2.45) is 0 Å². The van der Waals surface area contributed by atoms with Gasteiger partial charge in [-0.05, 0) is 19.4 Å². The standard InChI is InChI=1S/C22H25ClN8O5S/c1-5-15-9-16(36-29-15)12-31-21(17-7-6-8-18(26-17)34-3)27-28-22(31)30-37(32,33)13(2)19(35-4)20-24-10-14(23)11-25-20/h6-11,13,19H,5,12H2,1-4H3,(H,28,30)/t13-,19-/m0/s1. The van der Waals surface area contributed by atoms with E-state index in [0.29, 0.717) is 34.6 Å². The minimum Gasteiger partial charge on any atom is -0.481 e. The molecule has 0 unspecified atom stereocenters. The highest BCUT2D eigenvalue weighted by molar-refractivity contribution is 7.93. The average Bonchev–Trinajstić information content (AvgIpc) is 3.52. The van der Waals surface area contributed by atoms with Crippen molar-refractivity contribution in [2.45, 2.75) is 38.2 Å². The highest BCUT2D eigenvalue weighted by Crippen LogP contribution is 2.27. The van der Waals surface area contributed by atoms with Gasteiger partial charge in [0.25, 0.3) is 0 Å². The Kier molecular flexibility index (Phi) is 8.00. The van der Waals surface area contributed by atoms with Crippen LogP contribution in [0.2, 0.25) is 5.02 Å². The van der Waals surface area contributed by atoms with E-state index >= 15 is 0 Å². The van der Waals surface area contributed by atoms with Gasteiger partial charge in [-0.15, -0.1) is 10.2 Å². The van der Waals surface area contributed by atoms with Crippen molar-refractivity contribution in [1.82, 2.24) is 34.9 Å². The number of aryl methyl sites for hydroxylation is 1. The molecule has 15 heteroatoms. The Morgan fingerprint density at radius 2 is 1.95 bits per heavy atom. The lowest BCUT2D eigenvalue weighted by atomic mass is 10.2. The first-order chi connectivity index (χ1) is 17.7. The minimum atomic E-state index is -4.08. The zero-order valence-corrected chi connectivity index (χ0v) is 22.1. The van der Waals surface area contributed by atoms with Crippen molar-refractivity contribution in [3.05, 3.63) is 59.0 Å². The predicted molar refractivity (Wildman–Crippen MR) is 134 cm³/mol. The van der Waals surface area contributed by atoms with E-state index in [9.17, 15) is 8.42 Å². The summed E-state index contributed by atoms with van der Waals surface area (Å²) in [6.07, 6.45) is 2.44. The molecular weight excluding hydrogens is 524 g/mol. The summed E-state index contributed by atoms with van der Waals surface area (Å²) in [5.74, 6) is 1.26. The van der Waals surface area contributed by atoms with E-state index < -0.39 is 21.4 Å². The summed E-state index contributed by atoms with van der Waals surface area (Å²) < 4.78 is 47.0. The number of pyridine rings is 1. The number of sulfonamides is 1. The van der Waals surface area contributed by atoms with Crippen LogP contribution in [0.3, 0.4) is 0 Å². The van der Waals surface area contributed by atoms with Crippen LogP contribution >= 0.6 is 11.6 Å². The van der Waals surface area contributed by atoms with Crippen molar-refractivity contribution < 1.29 is 22.4 Å². The molecule has 0 spiro atoms. The minimum absolute atomic E-state index is 0.0483. The van der Waals surface area contributed by atoms with Gasteiger partial charge >= 0.3 is 0 Å².